The van der Waals surface area contributed by atoms with Gasteiger partial charge in [-0.2, -0.15) is 0 Å². The Labute approximate surface area is 138 Å². The predicted octanol–water partition coefficient (Wildman–Crippen LogP) is 3.24. The largest absolute Gasteiger partial charge is 0.445 e. The van der Waals surface area contributed by atoms with Crippen molar-refractivity contribution in [3.63, 3.8) is 0 Å². The average Bonchev–Trinajstić information content (AvgIpc) is 2.41. The molecule has 0 aliphatic rings. The van der Waals surface area contributed by atoms with Crippen molar-refractivity contribution in [2.45, 2.75) is 53.2 Å². The van der Waals surface area contributed by atoms with Crippen LogP contribution in [0.4, 0.5) is 4.79 Å². The van der Waals surface area contributed by atoms with Crippen molar-refractivity contribution in [3.05, 3.63) is 35.9 Å². The van der Waals surface area contributed by atoms with E-state index < -0.39 is 6.09 Å². The van der Waals surface area contributed by atoms with Gasteiger partial charge in [0.2, 0.25) is 5.91 Å². The highest BCUT2D eigenvalue weighted by molar-refractivity contribution is 5.73. The van der Waals surface area contributed by atoms with Crippen molar-refractivity contribution in [2.75, 3.05) is 6.54 Å². The summed E-state index contributed by atoms with van der Waals surface area (Å²) in [4.78, 5) is 23.0. The van der Waals surface area contributed by atoms with Gasteiger partial charge in [0.25, 0.3) is 0 Å². The molecule has 0 saturated carbocycles. The second kappa shape index (κ2) is 7.99. The van der Waals surface area contributed by atoms with Crippen molar-refractivity contribution in [2.24, 2.45) is 5.41 Å². The van der Waals surface area contributed by atoms with E-state index in [9.17, 15) is 9.59 Å². The first kappa shape index (κ1) is 19.0. The SMILES string of the molecule is CC(=O)NC(C)(C)CC(C)(C)CNC(=O)OCc1ccccc1. The highest BCUT2D eigenvalue weighted by atomic mass is 16.5. The van der Waals surface area contributed by atoms with Gasteiger partial charge in [-0.15, -0.1) is 0 Å². The molecular formula is C18H28N2O3. The molecule has 0 heterocycles. The Morgan fingerprint density at radius 1 is 1.09 bits per heavy atom. The predicted molar refractivity (Wildman–Crippen MR) is 90.9 cm³/mol. The number of nitrogens with one attached hydrogen (secondary N) is 2. The number of benzene rings is 1. The Balaban J connectivity index is 2.39. The van der Waals surface area contributed by atoms with E-state index in [1.807, 2.05) is 58.0 Å². The molecule has 0 fully saturated rings. The monoisotopic (exact) mass is 320 g/mol. The first-order valence-corrected chi connectivity index (χ1v) is 7.83. The van der Waals surface area contributed by atoms with Crippen LogP contribution in [-0.4, -0.2) is 24.1 Å². The highest BCUT2D eigenvalue weighted by Crippen LogP contribution is 2.27. The standard InChI is InChI=1S/C18H28N2O3/c1-14(21)20-18(4,5)12-17(2,3)13-19-16(22)23-11-15-9-7-6-8-10-15/h6-10H,11-13H2,1-5H3,(H,19,22)(H,20,21). The number of alkyl carbamates (subject to hydrolysis) is 1. The van der Waals surface area contributed by atoms with Gasteiger partial charge in [-0.05, 0) is 31.2 Å². The third-order valence-electron chi connectivity index (χ3n) is 3.36. The maximum absolute atomic E-state index is 11.8. The molecule has 1 aromatic rings. The summed E-state index contributed by atoms with van der Waals surface area (Å²) in [7, 11) is 0. The zero-order valence-electron chi connectivity index (χ0n) is 14.7. The maximum atomic E-state index is 11.8. The van der Waals surface area contributed by atoms with E-state index in [1.54, 1.807) is 0 Å². The Bertz CT molecular complexity index is 524. The number of carbonyl (C=O) groups is 2. The molecule has 0 saturated heterocycles. The smallest absolute Gasteiger partial charge is 0.407 e. The lowest BCUT2D eigenvalue weighted by molar-refractivity contribution is -0.120. The van der Waals surface area contributed by atoms with Crippen molar-refractivity contribution in [1.82, 2.24) is 10.6 Å². The van der Waals surface area contributed by atoms with E-state index in [4.69, 9.17) is 4.74 Å². The van der Waals surface area contributed by atoms with Gasteiger partial charge >= 0.3 is 6.09 Å². The Morgan fingerprint density at radius 3 is 2.26 bits per heavy atom. The van der Waals surface area contributed by atoms with Crippen LogP contribution in [0.5, 0.6) is 0 Å². The quantitative estimate of drug-likeness (QED) is 0.810. The number of hydrogen-bond donors (Lipinski definition) is 2. The Morgan fingerprint density at radius 2 is 1.70 bits per heavy atom. The first-order valence-electron chi connectivity index (χ1n) is 7.83. The van der Waals surface area contributed by atoms with Crippen molar-refractivity contribution in [1.29, 1.82) is 0 Å². The minimum atomic E-state index is -0.431. The van der Waals surface area contributed by atoms with E-state index in [0.717, 1.165) is 12.0 Å². The summed E-state index contributed by atoms with van der Waals surface area (Å²) in [5.74, 6) is -0.0546. The molecule has 1 rings (SSSR count). The van der Waals surface area contributed by atoms with Crippen LogP contribution >= 0.6 is 0 Å². The van der Waals surface area contributed by atoms with E-state index >= 15 is 0 Å². The first-order chi connectivity index (χ1) is 10.6. The molecular weight excluding hydrogens is 292 g/mol. The van der Waals surface area contributed by atoms with Gasteiger partial charge in [0.1, 0.15) is 6.61 Å². The third kappa shape index (κ3) is 8.24. The van der Waals surface area contributed by atoms with Crippen LogP contribution in [-0.2, 0) is 16.1 Å². The van der Waals surface area contributed by atoms with Gasteiger partial charge < -0.3 is 15.4 Å². The fourth-order valence-corrected chi connectivity index (χ4v) is 2.87. The number of carbonyl (C=O) groups excluding carboxylic acids is 2. The second-order valence-electron chi connectivity index (χ2n) is 7.32. The second-order valence-corrected chi connectivity index (χ2v) is 7.32. The molecule has 0 atom stereocenters. The number of hydrogen-bond acceptors (Lipinski definition) is 3. The van der Waals surface area contributed by atoms with Crippen LogP contribution in [0.15, 0.2) is 30.3 Å². The number of ether oxygens (including phenoxy) is 1. The third-order valence-corrected chi connectivity index (χ3v) is 3.36. The van der Waals surface area contributed by atoms with Gasteiger partial charge in [-0.25, -0.2) is 4.79 Å². The van der Waals surface area contributed by atoms with E-state index in [1.165, 1.54) is 6.92 Å². The van der Waals surface area contributed by atoms with Crippen LogP contribution in [0.1, 0.15) is 46.6 Å². The molecule has 2 amide bonds. The van der Waals surface area contributed by atoms with Crippen molar-refractivity contribution >= 4 is 12.0 Å². The summed E-state index contributed by atoms with van der Waals surface area (Å²) in [6.45, 7) is 10.3. The fraction of sp³-hybridized carbons (Fsp3) is 0.556. The maximum Gasteiger partial charge on any atom is 0.407 e. The topological polar surface area (TPSA) is 67.4 Å². The van der Waals surface area contributed by atoms with Crippen LogP contribution in [0.3, 0.4) is 0 Å². The lowest BCUT2D eigenvalue weighted by Gasteiger charge is -2.35. The Hall–Kier alpha value is -2.04. The van der Waals surface area contributed by atoms with Crippen LogP contribution in [0.2, 0.25) is 0 Å². The van der Waals surface area contributed by atoms with Gasteiger partial charge in [0.05, 0.1) is 0 Å². The number of amides is 2. The molecule has 0 radical (unpaired) electrons. The normalized spacial score (nSPS) is 11.7. The van der Waals surface area contributed by atoms with Gasteiger partial charge in [0.15, 0.2) is 0 Å². The van der Waals surface area contributed by atoms with Crippen LogP contribution in [0, 0.1) is 5.41 Å². The molecule has 0 unspecified atom stereocenters. The minimum absolute atomic E-state index is 0.0546. The molecule has 0 aromatic heterocycles. The average molecular weight is 320 g/mol. The molecule has 128 valence electrons. The Kier molecular flexibility index (Phi) is 6.61. The fourth-order valence-electron chi connectivity index (χ4n) is 2.87. The van der Waals surface area contributed by atoms with Crippen LogP contribution < -0.4 is 10.6 Å². The van der Waals surface area contributed by atoms with E-state index in [-0.39, 0.29) is 23.5 Å². The summed E-state index contributed by atoms with van der Waals surface area (Å²) >= 11 is 0. The number of rotatable bonds is 7. The summed E-state index contributed by atoms with van der Waals surface area (Å²) in [5.41, 5.74) is 0.455. The highest BCUT2D eigenvalue weighted by Gasteiger charge is 2.29. The molecule has 5 heteroatoms. The lowest BCUT2D eigenvalue weighted by Crippen LogP contribution is -2.47. The lowest BCUT2D eigenvalue weighted by atomic mass is 9.80. The summed E-state index contributed by atoms with van der Waals surface area (Å²) in [5, 5.41) is 5.72. The molecule has 1 aromatic carbocycles. The molecule has 2 N–H and O–H groups in total. The van der Waals surface area contributed by atoms with Crippen molar-refractivity contribution < 1.29 is 14.3 Å². The van der Waals surface area contributed by atoms with Crippen molar-refractivity contribution in [3.8, 4) is 0 Å². The van der Waals surface area contributed by atoms with Gasteiger partial charge in [-0.1, -0.05) is 44.2 Å². The molecule has 0 aliphatic heterocycles. The molecule has 5 nitrogen and oxygen atoms in total. The van der Waals surface area contributed by atoms with E-state index in [2.05, 4.69) is 10.6 Å². The molecule has 0 spiro atoms. The van der Waals surface area contributed by atoms with Crippen LogP contribution in [0.25, 0.3) is 0 Å². The van der Waals surface area contributed by atoms with Gasteiger partial charge in [0, 0.05) is 19.0 Å². The van der Waals surface area contributed by atoms with Gasteiger partial charge in [-0.3, -0.25) is 4.79 Å². The zero-order valence-corrected chi connectivity index (χ0v) is 14.7. The summed E-state index contributed by atoms with van der Waals surface area (Å²) in [6.07, 6.45) is 0.303. The molecule has 23 heavy (non-hydrogen) atoms. The summed E-state index contributed by atoms with van der Waals surface area (Å²) < 4.78 is 5.20. The zero-order chi connectivity index (χ0) is 17.5. The van der Waals surface area contributed by atoms with E-state index in [0.29, 0.717) is 6.54 Å². The minimum Gasteiger partial charge on any atom is -0.445 e. The summed E-state index contributed by atoms with van der Waals surface area (Å²) in [6, 6.07) is 9.55. The molecule has 0 aliphatic carbocycles. The molecule has 0 bridgehead atoms.